The van der Waals surface area contributed by atoms with Crippen molar-refractivity contribution in [2.75, 3.05) is 33.9 Å². The van der Waals surface area contributed by atoms with Gasteiger partial charge in [0.1, 0.15) is 0 Å². The van der Waals surface area contributed by atoms with Gasteiger partial charge in [-0.05, 0) is 26.8 Å². The predicted molar refractivity (Wildman–Crippen MR) is 78.4 cm³/mol. The Labute approximate surface area is 118 Å². The van der Waals surface area contributed by atoms with Crippen LogP contribution in [0.5, 0.6) is 0 Å². The van der Waals surface area contributed by atoms with E-state index in [2.05, 4.69) is 23.9 Å². The van der Waals surface area contributed by atoms with E-state index in [4.69, 9.17) is 4.74 Å². The van der Waals surface area contributed by atoms with Crippen molar-refractivity contribution in [3.8, 4) is 0 Å². The SMILES string of the molecule is COCC(C)(C)NS(=O)(=O)N(C)CCCNC(C)C. The zero-order valence-electron chi connectivity index (χ0n) is 13.0. The summed E-state index contributed by atoms with van der Waals surface area (Å²) in [5.74, 6) is 0. The summed E-state index contributed by atoms with van der Waals surface area (Å²) in [6, 6.07) is 0.417. The van der Waals surface area contributed by atoms with Gasteiger partial charge in [-0.2, -0.15) is 17.4 Å². The Bertz CT molecular complexity index is 342. The van der Waals surface area contributed by atoms with Crippen molar-refractivity contribution in [2.45, 2.75) is 45.7 Å². The molecule has 0 atom stereocenters. The van der Waals surface area contributed by atoms with Gasteiger partial charge in [-0.3, -0.25) is 0 Å². The van der Waals surface area contributed by atoms with Crippen LogP contribution in [0.15, 0.2) is 0 Å². The van der Waals surface area contributed by atoms with Gasteiger partial charge in [-0.1, -0.05) is 13.8 Å². The highest BCUT2D eigenvalue weighted by Gasteiger charge is 2.27. The van der Waals surface area contributed by atoms with E-state index in [-0.39, 0.29) is 0 Å². The minimum atomic E-state index is -3.47. The van der Waals surface area contributed by atoms with Crippen LogP contribution < -0.4 is 10.0 Å². The Morgan fingerprint density at radius 3 is 2.37 bits per heavy atom. The molecule has 0 fully saturated rings. The molecular weight excluding hydrogens is 266 g/mol. The molecule has 0 aromatic carbocycles. The van der Waals surface area contributed by atoms with Crippen LogP contribution >= 0.6 is 0 Å². The Morgan fingerprint density at radius 2 is 1.89 bits per heavy atom. The number of methoxy groups -OCH3 is 1. The lowest BCUT2D eigenvalue weighted by molar-refractivity contribution is 0.140. The van der Waals surface area contributed by atoms with E-state index in [0.717, 1.165) is 13.0 Å². The van der Waals surface area contributed by atoms with Crippen LogP contribution in [-0.2, 0) is 14.9 Å². The van der Waals surface area contributed by atoms with Gasteiger partial charge in [-0.15, -0.1) is 0 Å². The van der Waals surface area contributed by atoms with Crippen molar-refractivity contribution in [3.63, 3.8) is 0 Å². The third kappa shape index (κ3) is 8.54. The molecule has 0 saturated carbocycles. The molecule has 0 radical (unpaired) electrons. The average Bonchev–Trinajstić information content (AvgIpc) is 2.21. The van der Waals surface area contributed by atoms with Crippen LogP contribution in [0.3, 0.4) is 0 Å². The summed E-state index contributed by atoms with van der Waals surface area (Å²) in [7, 11) is -0.328. The molecule has 7 heteroatoms. The Morgan fingerprint density at radius 1 is 1.32 bits per heavy atom. The van der Waals surface area contributed by atoms with Gasteiger partial charge in [0.25, 0.3) is 10.2 Å². The zero-order chi connectivity index (χ0) is 15.1. The van der Waals surface area contributed by atoms with Gasteiger partial charge in [0.05, 0.1) is 12.1 Å². The molecule has 0 spiro atoms. The number of ether oxygens (including phenoxy) is 1. The van der Waals surface area contributed by atoms with Crippen molar-refractivity contribution >= 4 is 10.2 Å². The lowest BCUT2D eigenvalue weighted by Crippen LogP contribution is -2.51. The quantitative estimate of drug-likeness (QED) is 0.578. The van der Waals surface area contributed by atoms with Gasteiger partial charge in [0.2, 0.25) is 0 Å². The maximum absolute atomic E-state index is 12.1. The van der Waals surface area contributed by atoms with Crippen molar-refractivity contribution in [1.82, 2.24) is 14.3 Å². The van der Waals surface area contributed by atoms with Crippen LogP contribution in [0, 0.1) is 0 Å². The molecule has 0 aliphatic heterocycles. The first-order valence-electron chi connectivity index (χ1n) is 6.58. The monoisotopic (exact) mass is 295 g/mol. The van der Waals surface area contributed by atoms with Crippen molar-refractivity contribution in [3.05, 3.63) is 0 Å². The lowest BCUT2D eigenvalue weighted by Gasteiger charge is -2.28. The van der Waals surface area contributed by atoms with E-state index in [1.165, 1.54) is 4.31 Å². The molecule has 0 aromatic rings. The van der Waals surface area contributed by atoms with Gasteiger partial charge in [-0.25, -0.2) is 0 Å². The Balaban J connectivity index is 4.25. The molecule has 19 heavy (non-hydrogen) atoms. The van der Waals surface area contributed by atoms with E-state index in [1.807, 2.05) is 0 Å². The summed E-state index contributed by atoms with van der Waals surface area (Å²) in [4.78, 5) is 0. The standard InChI is InChI=1S/C12H29N3O3S/c1-11(2)13-8-7-9-15(5)19(16,17)14-12(3,4)10-18-6/h11,13-14H,7-10H2,1-6H3. The summed E-state index contributed by atoms with van der Waals surface area (Å²) >= 11 is 0. The minimum absolute atomic E-state index is 0.328. The molecule has 0 rings (SSSR count). The second-order valence-electron chi connectivity index (χ2n) is 5.71. The molecule has 6 nitrogen and oxygen atoms in total. The van der Waals surface area contributed by atoms with Crippen LogP contribution in [0.25, 0.3) is 0 Å². The maximum Gasteiger partial charge on any atom is 0.279 e. The van der Waals surface area contributed by atoms with Crippen LogP contribution in [0.2, 0.25) is 0 Å². The van der Waals surface area contributed by atoms with Gasteiger partial charge >= 0.3 is 0 Å². The first kappa shape index (κ1) is 18.8. The van der Waals surface area contributed by atoms with E-state index < -0.39 is 15.7 Å². The largest absolute Gasteiger partial charge is 0.383 e. The van der Waals surface area contributed by atoms with Crippen LogP contribution in [0.4, 0.5) is 0 Å². The summed E-state index contributed by atoms with van der Waals surface area (Å²) in [6.45, 7) is 9.33. The molecule has 2 N–H and O–H groups in total. The van der Waals surface area contributed by atoms with Crippen molar-refractivity contribution in [1.29, 1.82) is 0 Å². The minimum Gasteiger partial charge on any atom is -0.383 e. The number of hydrogen-bond acceptors (Lipinski definition) is 4. The molecule has 0 saturated heterocycles. The second-order valence-corrected chi connectivity index (χ2v) is 7.49. The molecule has 0 amide bonds. The smallest absolute Gasteiger partial charge is 0.279 e. The van der Waals surface area contributed by atoms with Crippen molar-refractivity contribution < 1.29 is 13.2 Å². The molecular formula is C12H29N3O3S. The zero-order valence-corrected chi connectivity index (χ0v) is 13.8. The first-order valence-corrected chi connectivity index (χ1v) is 8.02. The average molecular weight is 295 g/mol. The van der Waals surface area contributed by atoms with Gasteiger partial charge in [0, 0.05) is 26.7 Å². The van der Waals surface area contributed by atoms with E-state index >= 15 is 0 Å². The molecule has 0 aromatic heterocycles. The molecule has 116 valence electrons. The topological polar surface area (TPSA) is 70.7 Å². The fourth-order valence-electron chi connectivity index (χ4n) is 1.63. The lowest BCUT2D eigenvalue weighted by atomic mass is 10.1. The number of nitrogens with zero attached hydrogens (tertiary/aromatic N) is 1. The molecule has 0 bridgehead atoms. The number of hydrogen-bond donors (Lipinski definition) is 2. The second kappa shape index (κ2) is 8.16. The molecule has 0 aliphatic carbocycles. The van der Waals surface area contributed by atoms with E-state index in [9.17, 15) is 8.42 Å². The number of rotatable bonds is 10. The third-order valence-electron chi connectivity index (χ3n) is 2.52. The Hall–Kier alpha value is -0.210. The molecule has 0 heterocycles. The third-order valence-corrected chi connectivity index (χ3v) is 4.34. The summed E-state index contributed by atoms with van der Waals surface area (Å²) in [5, 5.41) is 3.26. The van der Waals surface area contributed by atoms with E-state index in [1.54, 1.807) is 28.0 Å². The highest BCUT2D eigenvalue weighted by molar-refractivity contribution is 7.87. The van der Waals surface area contributed by atoms with E-state index in [0.29, 0.717) is 19.2 Å². The van der Waals surface area contributed by atoms with Crippen LogP contribution in [0.1, 0.15) is 34.1 Å². The van der Waals surface area contributed by atoms with Gasteiger partial charge < -0.3 is 10.1 Å². The fourth-order valence-corrected chi connectivity index (χ4v) is 2.91. The number of nitrogens with one attached hydrogen (secondary N) is 2. The summed E-state index contributed by atoms with van der Waals surface area (Å²) in [5.41, 5.74) is -0.613. The molecule has 0 unspecified atom stereocenters. The highest BCUT2D eigenvalue weighted by atomic mass is 32.2. The van der Waals surface area contributed by atoms with Gasteiger partial charge in [0.15, 0.2) is 0 Å². The summed E-state index contributed by atoms with van der Waals surface area (Å²) in [6.07, 6.45) is 0.778. The maximum atomic E-state index is 12.1. The van der Waals surface area contributed by atoms with Crippen LogP contribution in [-0.4, -0.2) is 58.2 Å². The fraction of sp³-hybridized carbons (Fsp3) is 1.00. The van der Waals surface area contributed by atoms with Crippen molar-refractivity contribution in [2.24, 2.45) is 0 Å². The normalized spacial score (nSPS) is 13.5. The Kier molecular flexibility index (Phi) is 8.07. The highest BCUT2D eigenvalue weighted by Crippen LogP contribution is 2.07. The summed E-state index contributed by atoms with van der Waals surface area (Å²) < 4.78 is 33.2. The predicted octanol–water partition coefficient (Wildman–Crippen LogP) is 0.566. The molecule has 0 aliphatic rings. The first-order chi connectivity index (χ1) is 8.60.